The van der Waals surface area contributed by atoms with Crippen LogP contribution in [0.15, 0.2) is 24.5 Å². The van der Waals surface area contributed by atoms with Gasteiger partial charge in [0.2, 0.25) is 0 Å². The van der Waals surface area contributed by atoms with Crippen molar-refractivity contribution in [1.29, 1.82) is 0 Å². The number of aryl methyl sites for hydroxylation is 1. The summed E-state index contributed by atoms with van der Waals surface area (Å²) in [6.45, 7) is 8.78. The highest BCUT2D eigenvalue weighted by molar-refractivity contribution is 5.41. The first kappa shape index (κ1) is 14.5. The van der Waals surface area contributed by atoms with Crippen molar-refractivity contribution in [3.63, 3.8) is 0 Å². The van der Waals surface area contributed by atoms with Gasteiger partial charge in [-0.1, -0.05) is 13.0 Å². The van der Waals surface area contributed by atoms with Crippen molar-refractivity contribution in [2.24, 2.45) is 0 Å². The van der Waals surface area contributed by atoms with Crippen LogP contribution in [0.5, 0.6) is 0 Å². The van der Waals surface area contributed by atoms with Crippen LogP contribution in [0.3, 0.4) is 0 Å². The summed E-state index contributed by atoms with van der Waals surface area (Å²) in [4.78, 5) is 7.29. The van der Waals surface area contributed by atoms with Crippen LogP contribution in [-0.2, 0) is 6.54 Å². The number of fused-ring (bicyclic) bond motifs is 1. The SMILES string of the molecule is CCCN(Cc1cn2cc(C)ccc2n1)CC1CCCN1. The number of aromatic nitrogens is 2. The molecule has 2 aromatic rings. The minimum atomic E-state index is 0.663. The minimum absolute atomic E-state index is 0.663. The van der Waals surface area contributed by atoms with Gasteiger partial charge in [-0.2, -0.15) is 0 Å². The molecule has 0 saturated carbocycles. The Labute approximate surface area is 127 Å². The van der Waals surface area contributed by atoms with Crippen LogP contribution in [0.25, 0.3) is 5.65 Å². The van der Waals surface area contributed by atoms with Gasteiger partial charge in [0.05, 0.1) is 5.69 Å². The first-order valence-corrected chi connectivity index (χ1v) is 8.14. The summed E-state index contributed by atoms with van der Waals surface area (Å²) in [5, 5.41) is 3.60. The first-order valence-electron chi connectivity index (χ1n) is 8.14. The summed E-state index contributed by atoms with van der Waals surface area (Å²) in [5.41, 5.74) is 3.49. The largest absolute Gasteiger partial charge is 0.313 e. The summed E-state index contributed by atoms with van der Waals surface area (Å²) in [6, 6.07) is 4.88. The Bertz CT molecular complexity index is 583. The minimum Gasteiger partial charge on any atom is -0.313 e. The zero-order valence-corrected chi connectivity index (χ0v) is 13.2. The van der Waals surface area contributed by atoms with E-state index < -0.39 is 0 Å². The second-order valence-electron chi connectivity index (χ2n) is 6.23. The van der Waals surface area contributed by atoms with Gasteiger partial charge in [-0.15, -0.1) is 0 Å². The molecule has 0 radical (unpaired) electrons. The van der Waals surface area contributed by atoms with E-state index in [0.29, 0.717) is 6.04 Å². The van der Waals surface area contributed by atoms with Crippen molar-refractivity contribution in [2.45, 2.75) is 45.7 Å². The molecule has 4 heteroatoms. The Hall–Kier alpha value is -1.39. The Morgan fingerprint density at radius 1 is 1.38 bits per heavy atom. The molecular weight excluding hydrogens is 260 g/mol. The molecule has 2 aromatic heterocycles. The fraction of sp³-hybridized carbons (Fsp3) is 0.588. The van der Waals surface area contributed by atoms with Gasteiger partial charge in [0, 0.05) is 31.5 Å². The van der Waals surface area contributed by atoms with E-state index in [-0.39, 0.29) is 0 Å². The summed E-state index contributed by atoms with van der Waals surface area (Å²) < 4.78 is 2.14. The van der Waals surface area contributed by atoms with Gasteiger partial charge in [-0.05, 0) is 50.9 Å². The topological polar surface area (TPSA) is 32.6 Å². The smallest absolute Gasteiger partial charge is 0.137 e. The molecule has 1 N–H and O–H groups in total. The second kappa shape index (κ2) is 6.58. The monoisotopic (exact) mass is 286 g/mol. The Morgan fingerprint density at radius 2 is 2.29 bits per heavy atom. The van der Waals surface area contributed by atoms with Crippen LogP contribution in [-0.4, -0.2) is 40.0 Å². The zero-order valence-electron chi connectivity index (χ0n) is 13.2. The van der Waals surface area contributed by atoms with Crippen molar-refractivity contribution in [3.05, 3.63) is 35.8 Å². The van der Waals surface area contributed by atoms with Gasteiger partial charge in [0.15, 0.2) is 0 Å². The first-order chi connectivity index (χ1) is 10.2. The number of pyridine rings is 1. The lowest BCUT2D eigenvalue weighted by Gasteiger charge is -2.24. The third-order valence-corrected chi connectivity index (χ3v) is 4.22. The number of hydrogen-bond acceptors (Lipinski definition) is 3. The molecule has 0 amide bonds. The Kier molecular flexibility index (Phi) is 4.56. The lowest BCUT2D eigenvalue weighted by Crippen LogP contribution is -2.37. The number of rotatable bonds is 6. The van der Waals surface area contributed by atoms with Gasteiger partial charge in [-0.3, -0.25) is 4.90 Å². The van der Waals surface area contributed by atoms with Crippen molar-refractivity contribution >= 4 is 5.65 Å². The van der Waals surface area contributed by atoms with E-state index in [1.165, 1.54) is 37.1 Å². The Morgan fingerprint density at radius 3 is 3.05 bits per heavy atom. The van der Waals surface area contributed by atoms with E-state index >= 15 is 0 Å². The normalized spacial score (nSPS) is 18.9. The lowest BCUT2D eigenvalue weighted by atomic mass is 10.2. The van der Waals surface area contributed by atoms with E-state index in [4.69, 9.17) is 4.98 Å². The van der Waals surface area contributed by atoms with Crippen molar-refractivity contribution in [1.82, 2.24) is 19.6 Å². The molecule has 3 heterocycles. The van der Waals surface area contributed by atoms with E-state index in [1.54, 1.807) is 0 Å². The van der Waals surface area contributed by atoms with Gasteiger partial charge in [0.1, 0.15) is 5.65 Å². The number of imidazole rings is 1. The molecule has 0 spiro atoms. The molecule has 4 nitrogen and oxygen atoms in total. The molecule has 0 bridgehead atoms. The molecule has 0 aliphatic carbocycles. The fourth-order valence-corrected chi connectivity index (χ4v) is 3.24. The third kappa shape index (κ3) is 3.63. The van der Waals surface area contributed by atoms with Crippen LogP contribution in [0.1, 0.15) is 37.4 Å². The number of nitrogens with zero attached hydrogens (tertiary/aromatic N) is 3. The molecule has 1 atom stereocenters. The van der Waals surface area contributed by atoms with Crippen molar-refractivity contribution < 1.29 is 0 Å². The molecule has 1 saturated heterocycles. The number of hydrogen-bond donors (Lipinski definition) is 1. The average Bonchev–Trinajstić information content (AvgIpc) is 3.07. The standard InChI is InChI=1S/C17H26N4/c1-3-9-20(11-15-5-4-8-18-15)12-16-13-21-10-14(2)6-7-17(21)19-16/h6-7,10,13,15,18H,3-5,8-9,11-12H2,1-2H3. The molecule has 114 valence electrons. The highest BCUT2D eigenvalue weighted by Crippen LogP contribution is 2.12. The highest BCUT2D eigenvalue weighted by Gasteiger charge is 2.18. The second-order valence-corrected chi connectivity index (χ2v) is 6.23. The molecule has 1 fully saturated rings. The number of nitrogens with one attached hydrogen (secondary N) is 1. The predicted molar refractivity (Wildman–Crippen MR) is 86.5 cm³/mol. The molecule has 21 heavy (non-hydrogen) atoms. The molecule has 1 aliphatic rings. The quantitative estimate of drug-likeness (QED) is 0.886. The van der Waals surface area contributed by atoms with Gasteiger partial charge in [0.25, 0.3) is 0 Å². The Balaban J connectivity index is 1.70. The van der Waals surface area contributed by atoms with Crippen LogP contribution in [0.2, 0.25) is 0 Å². The predicted octanol–water partition coefficient (Wildman–Crippen LogP) is 2.61. The lowest BCUT2D eigenvalue weighted by molar-refractivity contribution is 0.239. The highest BCUT2D eigenvalue weighted by atomic mass is 15.2. The molecule has 1 aliphatic heterocycles. The average molecular weight is 286 g/mol. The molecule has 3 rings (SSSR count). The van der Waals surface area contributed by atoms with E-state index in [2.05, 4.69) is 53.0 Å². The van der Waals surface area contributed by atoms with E-state index in [0.717, 1.165) is 25.3 Å². The molecule has 0 aromatic carbocycles. The van der Waals surface area contributed by atoms with Crippen LogP contribution in [0, 0.1) is 6.92 Å². The van der Waals surface area contributed by atoms with Gasteiger partial charge in [-0.25, -0.2) is 4.98 Å². The third-order valence-electron chi connectivity index (χ3n) is 4.22. The maximum absolute atomic E-state index is 4.75. The van der Waals surface area contributed by atoms with Gasteiger partial charge < -0.3 is 9.72 Å². The van der Waals surface area contributed by atoms with Gasteiger partial charge >= 0.3 is 0 Å². The summed E-state index contributed by atoms with van der Waals surface area (Å²) in [7, 11) is 0. The summed E-state index contributed by atoms with van der Waals surface area (Å²) in [5.74, 6) is 0. The zero-order chi connectivity index (χ0) is 14.7. The maximum atomic E-state index is 4.75. The molecular formula is C17H26N4. The summed E-state index contributed by atoms with van der Waals surface area (Å²) >= 11 is 0. The molecule has 1 unspecified atom stereocenters. The maximum Gasteiger partial charge on any atom is 0.137 e. The van der Waals surface area contributed by atoms with Crippen molar-refractivity contribution in [2.75, 3.05) is 19.6 Å². The van der Waals surface area contributed by atoms with Crippen LogP contribution < -0.4 is 5.32 Å². The van der Waals surface area contributed by atoms with E-state index in [1.807, 2.05) is 0 Å². The van der Waals surface area contributed by atoms with E-state index in [9.17, 15) is 0 Å². The fourth-order valence-electron chi connectivity index (χ4n) is 3.24. The summed E-state index contributed by atoms with van der Waals surface area (Å²) in [6.07, 6.45) is 8.14. The van der Waals surface area contributed by atoms with Crippen LogP contribution in [0.4, 0.5) is 0 Å². The van der Waals surface area contributed by atoms with Crippen LogP contribution >= 0.6 is 0 Å². The van der Waals surface area contributed by atoms with Crippen molar-refractivity contribution in [3.8, 4) is 0 Å².